The summed E-state index contributed by atoms with van der Waals surface area (Å²) in [5.74, 6) is -1.85. The zero-order valence-electron chi connectivity index (χ0n) is 29.7. The highest BCUT2D eigenvalue weighted by Gasteiger charge is 2.47. The monoisotopic (exact) mass is 744 g/mol. The van der Waals surface area contributed by atoms with Gasteiger partial charge in [-0.05, 0) is 58.9 Å². The van der Waals surface area contributed by atoms with Gasteiger partial charge in [0, 0.05) is 70.2 Å². The van der Waals surface area contributed by atoms with Crippen LogP contribution >= 0.6 is 0 Å². The van der Waals surface area contributed by atoms with Gasteiger partial charge < -0.3 is 29.7 Å². The molecule has 4 atom stereocenters. The number of alkyl halides is 3. The molecule has 0 radical (unpaired) electrons. The van der Waals surface area contributed by atoms with E-state index in [0.29, 0.717) is 17.7 Å². The van der Waals surface area contributed by atoms with Gasteiger partial charge in [-0.25, -0.2) is 9.97 Å². The molecule has 284 valence electrons. The Labute approximate surface area is 311 Å². The fourth-order valence-corrected chi connectivity index (χ4v) is 7.38. The average molecular weight is 745 g/mol. The number of amides is 2. The van der Waals surface area contributed by atoms with Crippen molar-refractivity contribution < 1.29 is 37.3 Å². The fourth-order valence-electron chi connectivity index (χ4n) is 7.38. The standard InChI is InChI=1S/C40H43F3N6O5/c41-40(42,43)38(52)49-16-3-9-34(49)36(51)46-24-28-5-1-6-30(21-28)31-7-2-8-32(22-31)37-53-33(23-35(54-37)29-12-10-27(26-50)11-13-29)25-47-17-19-48(20-18-47)39-44-14-4-15-45-39/h1-2,4-8,10-15,21-22,33-35,37,50H,3,9,16-20,23-26H2,(H,46,51)/t33-,34-,35+,37+/m0/s1. The van der Waals surface area contributed by atoms with Crippen molar-refractivity contribution in [2.45, 2.75) is 63.1 Å². The second kappa shape index (κ2) is 16.6. The van der Waals surface area contributed by atoms with E-state index < -0.39 is 30.3 Å². The summed E-state index contributed by atoms with van der Waals surface area (Å²) in [6, 6.07) is 23.9. The number of piperazine rings is 1. The lowest BCUT2D eigenvalue weighted by Gasteiger charge is -2.40. The van der Waals surface area contributed by atoms with E-state index in [4.69, 9.17) is 9.47 Å². The summed E-state index contributed by atoms with van der Waals surface area (Å²) in [5.41, 5.74) is 5.21. The van der Waals surface area contributed by atoms with Crippen molar-refractivity contribution in [2.24, 2.45) is 0 Å². The van der Waals surface area contributed by atoms with Crippen LogP contribution in [0.25, 0.3) is 11.1 Å². The Morgan fingerprint density at radius 1 is 0.833 bits per heavy atom. The predicted molar refractivity (Wildman–Crippen MR) is 194 cm³/mol. The molecule has 11 nitrogen and oxygen atoms in total. The number of hydrogen-bond acceptors (Lipinski definition) is 9. The first kappa shape index (κ1) is 37.4. The molecule has 14 heteroatoms. The molecule has 0 spiro atoms. The van der Waals surface area contributed by atoms with Gasteiger partial charge in [0.15, 0.2) is 6.29 Å². The third-order valence-corrected chi connectivity index (χ3v) is 10.2. The van der Waals surface area contributed by atoms with Gasteiger partial charge in [-0.1, -0.05) is 60.7 Å². The first-order chi connectivity index (χ1) is 26.1. The van der Waals surface area contributed by atoms with E-state index in [2.05, 4.69) is 25.1 Å². The minimum absolute atomic E-state index is 0.0391. The zero-order valence-corrected chi connectivity index (χ0v) is 29.7. The summed E-state index contributed by atoms with van der Waals surface area (Å²) in [7, 11) is 0. The highest BCUT2D eigenvalue weighted by atomic mass is 19.4. The number of ether oxygens (including phenoxy) is 2. The van der Waals surface area contributed by atoms with Crippen LogP contribution in [0.4, 0.5) is 19.1 Å². The van der Waals surface area contributed by atoms with Gasteiger partial charge in [-0.15, -0.1) is 0 Å². The van der Waals surface area contributed by atoms with Crippen molar-refractivity contribution in [3.8, 4) is 11.1 Å². The summed E-state index contributed by atoms with van der Waals surface area (Å²) in [4.78, 5) is 38.8. The Morgan fingerprint density at radius 2 is 1.56 bits per heavy atom. The second-order valence-corrected chi connectivity index (χ2v) is 13.9. The summed E-state index contributed by atoms with van der Waals surface area (Å²) in [5, 5.41) is 12.3. The molecule has 3 aliphatic heterocycles. The lowest BCUT2D eigenvalue weighted by Crippen LogP contribution is -2.50. The molecular formula is C40H43F3N6O5. The van der Waals surface area contributed by atoms with E-state index in [1.54, 1.807) is 12.4 Å². The number of halogens is 3. The van der Waals surface area contributed by atoms with E-state index in [-0.39, 0.29) is 38.3 Å². The third-order valence-electron chi connectivity index (χ3n) is 10.2. The zero-order chi connectivity index (χ0) is 37.7. The lowest BCUT2D eigenvalue weighted by atomic mass is 9.98. The Kier molecular flexibility index (Phi) is 11.5. The molecule has 3 fully saturated rings. The number of aliphatic hydroxyl groups is 1. The minimum Gasteiger partial charge on any atom is -0.392 e. The Hall–Kier alpha value is -4.89. The number of carbonyl (C=O) groups excluding carboxylic acids is 2. The van der Waals surface area contributed by atoms with Crippen LogP contribution in [-0.4, -0.2) is 94.3 Å². The van der Waals surface area contributed by atoms with Gasteiger partial charge in [0.2, 0.25) is 11.9 Å². The molecule has 4 aromatic rings. The molecule has 2 amide bonds. The molecule has 2 N–H and O–H groups in total. The smallest absolute Gasteiger partial charge is 0.392 e. The van der Waals surface area contributed by atoms with Crippen molar-refractivity contribution in [1.29, 1.82) is 0 Å². The maximum atomic E-state index is 13.1. The number of anilines is 1. The van der Waals surface area contributed by atoms with Gasteiger partial charge in [-0.3, -0.25) is 14.5 Å². The number of aliphatic hydroxyl groups excluding tert-OH is 1. The Bertz CT molecular complexity index is 1890. The summed E-state index contributed by atoms with van der Waals surface area (Å²) in [6.07, 6.45) is -1.35. The number of aromatic nitrogens is 2. The molecule has 1 aromatic heterocycles. The van der Waals surface area contributed by atoms with Gasteiger partial charge >= 0.3 is 12.1 Å². The predicted octanol–water partition coefficient (Wildman–Crippen LogP) is 5.17. The highest BCUT2D eigenvalue weighted by Crippen LogP contribution is 2.39. The summed E-state index contributed by atoms with van der Waals surface area (Å²) >= 11 is 0. The number of likely N-dealkylation sites (tertiary alicyclic amines) is 1. The number of hydrogen-bond donors (Lipinski definition) is 2. The van der Waals surface area contributed by atoms with Crippen LogP contribution in [0.2, 0.25) is 0 Å². The molecule has 0 saturated carbocycles. The second-order valence-electron chi connectivity index (χ2n) is 13.9. The van der Waals surface area contributed by atoms with E-state index >= 15 is 0 Å². The largest absolute Gasteiger partial charge is 0.471 e. The third kappa shape index (κ3) is 8.90. The number of carbonyl (C=O) groups is 2. The van der Waals surface area contributed by atoms with Crippen LogP contribution in [0.1, 0.15) is 53.9 Å². The van der Waals surface area contributed by atoms with Crippen molar-refractivity contribution >= 4 is 17.8 Å². The minimum atomic E-state index is -5.03. The average Bonchev–Trinajstić information content (AvgIpc) is 3.70. The van der Waals surface area contributed by atoms with Crippen LogP contribution in [0.15, 0.2) is 91.3 Å². The van der Waals surface area contributed by atoms with Crippen LogP contribution in [0.3, 0.4) is 0 Å². The van der Waals surface area contributed by atoms with Crippen molar-refractivity contribution in [1.82, 2.24) is 25.1 Å². The van der Waals surface area contributed by atoms with Crippen LogP contribution in [-0.2, 0) is 32.2 Å². The normalized spacial score (nSPS) is 22.3. The van der Waals surface area contributed by atoms with Crippen molar-refractivity contribution in [2.75, 3.05) is 44.2 Å². The molecule has 0 bridgehead atoms. The van der Waals surface area contributed by atoms with Crippen LogP contribution < -0.4 is 10.2 Å². The molecule has 0 aliphatic carbocycles. The molecule has 3 aliphatic rings. The number of nitrogens with one attached hydrogen (secondary N) is 1. The van der Waals surface area contributed by atoms with Crippen LogP contribution in [0.5, 0.6) is 0 Å². The van der Waals surface area contributed by atoms with Gasteiger partial charge in [0.25, 0.3) is 0 Å². The molecule has 3 saturated heterocycles. The van der Waals surface area contributed by atoms with Crippen molar-refractivity contribution in [3.63, 3.8) is 0 Å². The summed E-state index contributed by atoms with van der Waals surface area (Å²) in [6.45, 7) is 3.99. The van der Waals surface area contributed by atoms with Gasteiger partial charge in [-0.2, -0.15) is 13.2 Å². The van der Waals surface area contributed by atoms with Gasteiger partial charge in [0.05, 0.1) is 18.8 Å². The molecule has 0 unspecified atom stereocenters. The highest BCUT2D eigenvalue weighted by molar-refractivity contribution is 5.90. The van der Waals surface area contributed by atoms with E-state index in [1.807, 2.05) is 78.9 Å². The lowest BCUT2D eigenvalue weighted by molar-refractivity contribution is -0.253. The number of nitrogens with zero attached hydrogens (tertiary/aromatic N) is 5. The molecule has 54 heavy (non-hydrogen) atoms. The topological polar surface area (TPSA) is 120 Å². The Balaban J connectivity index is 1.04. The first-order valence-corrected chi connectivity index (χ1v) is 18.2. The van der Waals surface area contributed by atoms with Gasteiger partial charge in [0.1, 0.15) is 6.04 Å². The van der Waals surface area contributed by atoms with Crippen LogP contribution in [0, 0.1) is 0 Å². The summed E-state index contributed by atoms with van der Waals surface area (Å²) < 4.78 is 52.6. The molecule has 7 rings (SSSR count). The maximum absolute atomic E-state index is 13.1. The SMILES string of the molecule is O=C(NCc1cccc(-c2cccc([C@@H]3O[C@H](CN4CCN(c5ncccn5)CC4)C[C@H](c4ccc(CO)cc4)O3)c2)c1)[C@@H]1CCCN1C(=O)C(F)(F)F. The molecular weight excluding hydrogens is 701 g/mol. The van der Waals surface area contributed by atoms with E-state index in [1.165, 1.54) is 0 Å². The Morgan fingerprint density at radius 3 is 2.28 bits per heavy atom. The maximum Gasteiger partial charge on any atom is 0.471 e. The fraction of sp³-hybridized carbons (Fsp3) is 0.400. The number of benzene rings is 3. The van der Waals surface area contributed by atoms with E-state index in [0.717, 1.165) is 72.1 Å². The van der Waals surface area contributed by atoms with Crippen molar-refractivity contribution in [3.05, 3.63) is 114 Å². The number of rotatable bonds is 10. The quantitative estimate of drug-likeness (QED) is 0.227. The first-order valence-electron chi connectivity index (χ1n) is 18.2. The molecule has 3 aromatic carbocycles. The van der Waals surface area contributed by atoms with E-state index in [9.17, 15) is 27.9 Å². The molecule has 4 heterocycles.